The number of phosphoric acid groups is 2. The zero-order valence-electron chi connectivity index (χ0n) is 60.6. The predicted octanol–water partition coefficient (Wildman–Crippen LogP) is 21.6. The molecule has 3 unspecified atom stereocenters. The summed E-state index contributed by atoms with van der Waals surface area (Å²) in [6, 6.07) is 0. The first-order valence-electron chi connectivity index (χ1n) is 38.5. The van der Waals surface area contributed by atoms with E-state index in [0.29, 0.717) is 25.7 Å². The van der Waals surface area contributed by atoms with Gasteiger partial charge in [-0.05, 0) is 37.5 Å². The molecule has 0 bridgehead atoms. The Morgan fingerprint density at radius 3 is 0.817 bits per heavy atom. The lowest BCUT2D eigenvalue weighted by Crippen LogP contribution is -2.30. The summed E-state index contributed by atoms with van der Waals surface area (Å²) in [5.74, 6) is -0.625. The van der Waals surface area contributed by atoms with Crippen molar-refractivity contribution < 1.29 is 80.2 Å². The number of carbonyl (C=O) groups is 4. The lowest BCUT2D eigenvalue weighted by molar-refractivity contribution is -0.161. The number of esters is 4. The molecule has 0 aromatic heterocycles. The maximum absolute atomic E-state index is 13.1. The van der Waals surface area contributed by atoms with E-state index in [9.17, 15) is 43.2 Å². The maximum atomic E-state index is 13.1. The number of carbonyl (C=O) groups excluding carboxylic acids is 4. The van der Waals surface area contributed by atoms with Crippen molar-refractivity contribution in [2.45, 2.75) is 400 Å². The standard InChI is InChI=1S/C74H144O17P2/c1-7-10-12-14-16-17-18-19-20-21-22-23-24-25-26-27-32-35-39-46-52-58-73(78)90-69(63-85-72(77)57-51-45-38-34-31-29-28-30-33-37-42-48-54-66(4)5)64-88-92(80,81)86-60-68(75)61-87-93(82,83)89-65-70(62-84-71(76)56-50-44-36-15-13-11-8-2)91-74(79)59-53-47-41-40-43-49-55-67(6)9-3/h66-70,75H,7-65H2,1-6H3,(H,80,81)(H,82,83)/t67?,68-,69-,70-/m1/s1. The van der Waals surface area contributed by atoms with Crippen LogP contribution in [0.3, 0.4) is 0 Å². The van der Waals surface area contributed by atoms with Gasteiger partial charge in [0.25, 0.3) is 0 Å². The minimum Gasteiger partial charge on any atom is -0.462 e. The average molecular weight is 1370 g/mol. The van der Waals surface area contributed by atoms with E-state index in [2.05, 4.69) is 41.5 Å². The molecule has 0 saturated carbocycles. The Balaban J connectivity index is 5.16. The Morgan fingerprint density at radius 2 is 0.548 bits per heavy atom. The van der Waals surface area contributed by atoms with Gasteiger partial charge in [0.05, 0.1) is 26.4 Å². The Morgan fingerprint density at radius 1 is 0.312 bits per heavy atom. The van der Waals surface area contributed by atoms with Crippen molar-refractivity contribution in [1.82, 2.24) is 0 Å². The summed E-state index contributed by atoms with van der Waals surface area (Å²) < 4.78 is 68.3. The van der Waals surface area contributed by atoms with E-state index in [4.69, 9.17) is 37.0 Å². The van der Waals surface area contributed by atoms with Crippen LogP contribution in [0, 0.1) is 11.8 Å². The van der Waals surface area contributed by atoms with Crippen molar-refractivity contribution in [2.75, 3.05) is 39.6 Å². The fraction of sp³-hybridized carbons (Fsp3) is 0.946. The van der Waals surface area contributed by atoms with E-state index in [-0.39, 0.29) is 25.7 Å². The zero-order valence-corrected chi connectivity index (χ0v) is 62.3. The first-order valence-corrected chi connectivity index (χ1v) is 41.5. The van der Waals surface area contributed by atoms with Gasteiger partial charge in [0.2, 0.25) is 0 Å². The highest BCUT2D eigenvalue weighted by Crippen LogP contribution is 2.45. The third-order valence-corrected chi connectivity index (χ3v) is 19.5. The quantitative estimate of drug-likeness (QED) is 0.0222. The topological polar surface area (TPSA) is 237 Å². The van der Waals surface area contributed by atoms with Crippen LogP contribution in [0.5, 0.6) is 0 Å². The third kappa shape index (κ3) is 67.0. The molecule has 0 aliphatic carbocycles. The van der Waals surface area contributed by atoms with Gasteiger partial charge in [-0.25, -0.2) is 9.13 Å². The van der Waals surface area contributed by atoms with E-state index in [1.807, 2.05) is 0 Å². The van der Waals surface area contributed by atoms with Crippen LogP contribution in [0.25, 0.3) is 0 Å². The first kappa shape index (κ1) is 91.1. The van der Waals surface area contributed by atoms with Crippen molar-refractivity contribution >= 4 is 39.5 Å². The Labute approximate surface area is 568 Å². The van der Waals surface area contributed by atoms with E-state index >= 15 is 0 Å². The van der Waals surface area contributed by atoms with Crippen LogP contribution < -0.4 is 0 Å². The molecule has 93 heavy (non-hydrogen) atoms. The van der Waals surface area contributed by atoms with Gasteiger partial charge in [-0.2, -0.15) is 0 Å². The Bertz CT molecular complexity index is 1810. The van der Waals surface area contributed by atoms with Crippen LogP contribution in [0.4, 0.5) is 0 Å². The molecule has 19 heteroatoms. The smallest absolute Gasteiger partial charge is 0.462 e. The second kappa shape index (κ2) is 66.0. The number of aliphatic hydroxyl groups is 1. The molecule has 0 aromatic rings. The second-order valence-corrected chi connectivity index (χ2v) is 30.3. The summed E-state index contributed by atoms with van der Waals surface area (Å²) in [6.45, 7) is 9.49. The van der Waals surface area contributed by atoms with Gasteiger partial charge in [-0.1, -0.05) is 330 Å². The minimum atomic E-state index is -4.95. The van der Waals surface area contributed by atoms with Crippen molar-refractivity contribution in [3.63, 3.8) is 0 Å². The van der Waals surface area contributed by atoms with Crippen LogP contribution in [0.15, 0.2) is 0 Å². The highest BCUT2D eigenvalue weighted by molar-refractivity contribution is 7.47. The van der Waals surface area contributed by atoms with Gasteiger partial charge in [0, 0.05) is 25.7 Å². The van der Waals surface area contributed by atoms with Gasteiger partial charge in [-0.15, -0.1) is 0 Å². The van der Waals surface area contributed by atoms with Crippen LogP contribution in [0.1, 0.15) is 382 Å². The maximum Gasteiger partial charge on any atom is 0.472 e. The largest absolute Gasteiger partial charge is 0.472 e. The summed E-state index contributed by atoms with van der Waals surface area (Å²) in [5, 5.41) is 10.6. The second-order valence-electron chi connectivity index (χ2n) is 27.4. The van der Waals surface area contributed by atoms with Crippen LogP contribution in [0.2, 0.25) is 0 Å². The van der Waals surface area contributed by atoms with Crippen LogP contribution >= 0.6 is 15.6 Å². The highest BCUT2D eigenvalue weighted by atomic mass is 31.2. The molecule has 0 aromatic carbocycles. The van der Waals surface area contributed by atoms with Crippen molar-refractivity contribution in [3.05, 3.63) is 0 Å². The average Bonchev–Trinajstić information content (AvgIpc) is 2.77. The third-order valence-electron chi connectivity index (χ3n) is 17.6. The molecule has 0 aliphatic rings. The van der Waals surface area contributed by atoms with Crippen molar-refractivity contribution in [3.8, 4) is 0 Å². The monoisotopic (exact) mass is 1370 g/mol. The fourth-order valence-electron chi connectivity index (χ4n) is 11.3. The van der Waals surface area contributed by atoms with Gasteiger partial charge >= 0.3 is 39.5 Å². The SMILES string of the molecule is CCCCCCCCCCCCCCCCCCCCCCCC(=O)O[C@H](COC(=O)CCCCCCCCCCCCCCC(C)C)COP(=O)(O)OC[C@@H](O)COP(=O)(O)OC[C@@H](COC(=O)CCCCCCCCC)OC(=O)CCCCCCCCC(C)CC. The van der Waals surface area contributed by atoms with E-state index in [1.165, 1.54) is 186 Å². The summed E-state index contributed by atoms with van der Waals surface area (Å²) in [4.78, 5) is 72.5. The number of aliphatic hydroxyl groups excluding tert-OH is 1. The molecule has 6 atom stereocenters. The minimum absolute atomic E-state index is 0.103. The van der Waals surface area contributed by atoms with Crippen molar-refractivity contribution in [2.24, 2.45) is 11.8 Å². The Kier molecular flexibility index (Phi) is 64.6. The highest BCUT2D eigenvalue weighted by Gasteiger charge is 2.30. The molecule has 0 heterocycles. The summed E-state index contributed by atoms with van der Waals surface area (Å²) >= 11 is 0. The molecule has 0 rings (SSSR count). The van der Waals surface area contributed by atoms with Gasteiger partial charge in [-0.3, -0.25) is 37.3 Å². The molecule has 0 saturated heterocycles. The number of hydrogen-bond acceptors (Lipinski definition) is 15. The van der Waals surface area contributed by atoms with Crippen molar-refractivity contribution in [1.29, 1.82) is 0 Å². The molecule has 0 radical (unpaired) electrons. The molecule has 3 N–H and O–H groups in total. The molecule has 0 spiro atoms. The number of rotatable bonds is 73. The van der Waals surface area contributed by atoms with Gasteiger partial charge in [0.1, 0.15) is 19.3 Å². The molecular weight excluding hydrogens is 1220 g/mol. The number of ether oxygens (including phenoxy) is 4. The number of unbranched alkanes of at least 4 members (excludes halogenated alkanes) is 42. The Hall–Kier alpha value is -1.94. The van der Waals surface area contributed by atoms with E-state index < -0.39 is 97.5 Å². The molecule has 17 nitrogen and oxygen atoms in total. The fourth-order valence-corrected chi connectivity index (χ4v) is 12.8. The molecule has 0 fully saturated rings. The first-order chi connectivity index (χ1) is 44.9. The summed E-state index contributed by atoms with van der Waals surface area (Å²) in [5.41, 5.74) is 0. The summed E-state index contributed by atoms with van der Waals surface area (Å²) in [6.07, 6.45) is 53.1. The normalized spacial score (nSPS) is 14.3. The van der Waals surface area contributed by atoms with Crippen LogP contribution in [-0.4, -0.2) is 96.7 Å². The van der Waals surface area contributed by atoms with Gasteiger partial charge in [0.15, 0.2) is 12.2 Å². The summed E-state index contributed by atoms with van der Waals surface area (Å²) in [7, 11) is -9.90. The zero-order chi connectivity index (χ0) is 68.6. The number of hydrogen-bond donors (Lipinski definition) is 3. The molecular formula is C74H144O17P2. The van der Waals surface area contributed by atoms with E-state index in [1.54, 1.807) is 0 Å². The lowest BCUT2D eigenvalue weighted by Gasteiger charge is -2.21. The molecule has 552 valence electrons. The lowest BCUT2D eigenvalue weighted by atomic mass is 10.00. The molecule has 0 amide bonds. The van der Waals surface area contributed by atoms with Gasteiger partial charge < -0.3 is 33.8 Å². The van der Waals surface area contributed by atoms with Crippen LogP contribution in [-0.2, 0) is 65.4 Å². The van der Waals surface area contributed by atoms with E-state index in [0.717, 1.165) is 115 Å². The molecule has 0 aliphatic heterocycles. The number of phosphoric ester groups is 2. The predicted molar refractivity (Wildman–Crippen MR) is 377 cm³/mol.